The minimum Gasteiger partial charge on any atom is -0.367 e. The number of carbonyl (C=O) groups is 1. The van der Waals surface area contributed by atoms with Crippen molar-refractivity contribution < 1.29 is 18.0 Å². The molecule has 39 heavy (non-hydrogen) atoms. The molecule has 2 aromatic heterocycles. The average molecular weight is 540 g/mol. The van der Waals surface area contributed by atoms with Crippen LogP contribution in [0.1, 0.15) is 53.9 Å². The molecule has 1 amide bonds. The molecule has 6 rings (SSSR count). The summed E-state index contributed by atoms with van der Waals surface area (Å²) in [4.78, 5) is 28.1. The number of piperazine rings is 1. The van der Waals surface area contributed by atoms with Gasteiger partial charge in [-0.3, -0.25) is 9.48 Å². The summed E-state index contributed by atoms with van der Waals surface area (Å²) >= 11 is 0. The van der Waals surface area contributed by atoms with Crippen molar-refractivity contribution in [1.82, 2.24) is 24.6 Å². The number of hydrogen-bond donors (Lipinski definition) is 0. The van der Waals surface area contributed by atoms with Crippen molar-refractivity contribution in [2.45, 2.75) is 64.3 Å². The van der Waals surface area contributed by atoms with Gasteiger partial charge in [0.15, 0.2) is 0 Å². The van der Waals surface area contributed by atoms with Gasteiger partial charge >= 0.3 is 6.18 Å². The molecule has 206 valence electrons. The summed E-state index contributed by atoms with van der Waals surface area (Å²) in [6.45, 7) is 6.48. The zero-order chi connectivity index (χ0) is 27.3. The Bertz CT molecular complexity index is 1370. The maximum atomic E-state index is 14.0. The van der Waals surface area contributed by atoms with E-state index in [2.05, 4.69) is 24.9 Å². The lowest BCUT2D eigenvalue weighted by Crippen LogP contribution is -2.55. The van der Waals surface area contributed by atoms with Gasteiger partial charge in [-0.2, -0.15) is 18.3 Å². The highest BCUT2D eigenvalue weighted by atomic mass is 19.4. The third kappa shape index (κ3) is 5.06. The van der Waals surface area contributed by atoms with Crippen molar-refractivity contribution in [3.63, 3.8) is 0 Å². The van der Waals surface area contributed by atoms with Gasteiger partial charge in [-0.1, -0.05) is 0 Å². The van der Waals surface area contributed by atoms with E-state index in [1.165, 1.54) is 6.07 Å². The molecule has 2 aliphatic heterocycles. The summed E-state index contributed by atoms with van der Waals surface area (Å²) in [6.07, 6.45) is 3.37. The summed E-state index contributed by atoms with van der Waals surface area (Å²) in [6, 6.07) is 4.59. The highest BCUT2D eigenvalue weighted by Crippen LogP contribution is 2.41. The fourth-order valence-corrected chi connectivity index (χ4v) is 5.82. The Balaban J connectivity index is 1.24. The van der Waals surface area contributed by atoms with Crippen LogP contribution in [0.25, 0.3) is 0 Å². The molecule has 0 N–H and O–H groups in total. The molecule has 3 aliphatic rings. The number of anilines is 2. The summed E-state index contributed by atoms with van der Waals surface area (Å²) in [7, 11) is 0. The molecule has 3 aromatic rings. The second-order valence-corrected chi connectivity index (χ2v) is 10.8. The van der Waals surface area contributed by atoms with E-state index < -0.39 is 11.7 Å². The van der Waals surface area contributed by atoms with E-state index in [0.29, 0.717) is 56.2 Å². The Hall–Kier alpha value is -3.63. The standard InChI is InChI=1S/C28H32F3N7O/c1-18-7-9-34-38(18)17-26(39)37-12-11-36(15-19(37)2)25-6-5-24(28(29,30)31)22-8-10-35(16-23(22)25)21-13-32-27(33-14-21)20-3-4-20/h5-7,9,13-14,19-20H,3-4,8,10-12,15-17H2,1-2H3/t19-/m1/s1. The van der Waals surface area contributed by atoms with Crippen molar-refractivity contribution in [2.75, 3.05) is 36.0 Å². The maximum Gasteiger partial charge on any atom is 0.416 e. The minimum absolute atomic E-state index is 0.00998. The number of aromatic nitrogens is 4. The van der Waals surface area contributed by atoms with Gasteiger partial charge < -0.3 is 14.7 Å². The Morgan fingerprint density at radius 3 is 2.44 bits per heavy atom. The fraction of sp³-hybridized carbons (Fsp3) is 0.500. The van der Waals surface area contributed by atoms with Crippen LogP contribution in [0.15, 0.2) is 36.8 Å². The van der Waals surface area contributed by atoms with Crippen molar-refractivity contribution in [2.24, 2.45) is 0 Å². The summed E-state index contributed by atoms with van der Waals surface area (Å²) < 4.78 is 43.6. The predicted molar refractivity (Wildman–Crippen MR) is 141 cm³/mol. The molecular formula is C28H32F3N7O. The molecule has 0 bridgehead atoms. The van der Waals surface area contributed by atoms with Gasteiger partial charge in [-0.25, -0.2) is 9.97 Å². The van der Waals surface area contributed by atoms with Gasteiger partial charge in [0.2, 0.25) is 5.91 Å². The van der Waals surface area contributed by atoms with E-state index in [9.17, 15) is 18.0 Å². The summed E-state index contributed by atoms with van der Waals surface area (Å²) in [5, 5.41) is 4.22. The molecule has 8 nitrogen and oxygen atoms in total. The van der Waals surface area contributed by atoms with Crippen molar-refractivity contribution in [3.05, 3.63) is 65.0 Å². The van der Waals surface area contributed by atoms with Crippen molar-refractivity contribution in [3.8, 4) is 0 Å². The highest BCUT2D eigenvalue weighted by Gasteiger charge is 2.38. The molecule has 2 fully saturated rings. The summed E-state index contributed by atoms with van der Waals surface area (Å²) in [5.41, 5.74) is 3.06. The van der Waals surface area contributed by atoms with Crippen LogP contribution < -0.4 is 9.80 Å². The minimum atomic E-state index is -4.41. The van der Waals surface area contributed by atoms with E-state index >= 15 is 0 Å². The molecule has 4 heterocycles. The second-order valence-electron chi connectivity index (χ2n) is 10.8. The van der Waals surface area contributed by atoms with Crippen molar-refractivity contribution in [1.29, 1.82) is 0 Å². The van der Waals surface area contributed by atoms with E-state index in [1.54, 1.807) is 29.3 Å². The van der Waals surface area contributed by atoms with Gasteiger partial charge in [0.25, 0.3) is 0 Å². The zero-order valence-corrected chi connectivity index (χ0v) is 22.2. The monoisotopic (exact) mass is 539 g/mol. The van der Waals surface area contributed by atoms with Gasteiger partial charge in [-0.05, 0) is 62.4 Å². The number of hydrogen-bond acceptors (Lipinski definition) is 6. The molecule has 1 saturated carbocycles. The molecule has 0 spiro atoms. The van der Waals surface area contributed by atoms with Gasteiger partial charge in [0.05, 0.1) is 23.6 Å². The van der Waals surface area contributed by atoms with E-state index in [0.717, 1.165) is 35.7 Å². The van der Waals surface area contributed by atoms with Crippen LogP contribution in [0.5, 0.6) is 0 Å². The summed E-state index contributed by atoms with van der Waals surface area (Å²) in [5.74, 6) is 1.28. The SMILES string of the molecule is Cc1ccnn1CC(=O)N1CCN(c2ccc(C(F)(F)F)c3c2CN(c2cnc(C4CC4)nc2)CC3)C[C@H]1C. The lowest BCUT2D eigenvalue weighted by Gasteiger charge is -2.43. The molecule has 1 aliphatic carbocycles. The molecule has 0 unspecified atom stereocenters. The van der Waals surface area contributed by atoms with Crippen LogP contribution in [-0.2, 0) is 30.5 Å². The third-order valence-electron chi connectivity index (χ3n) is 8.16. The van der Waals surface area contributed by atoms with Crippen LogP contribution in [0.3, 0.4) is 0 Å². The van der Waals surface area contributed by atoms with Crippen LogP contribution in [-0.4, -0.2) is 62.8 Å². The quantitative estimate of drug-likeness (QED) is 0.485. The Labute approximate surface area is 225 Å². The molecule has 1 aromatic carbocycles. The van der Waals surface area contributed by atoms with Gasteiger partial charge in [-0.15, -0.1) is 0 Å². The van der Waals surface area contributed by atoms with E-state index in [-0.39, 0.29) is 18.5 Å². The molecule has 0 radical (unpaired) electrons. The fourth-order valence-electron chi connectivity index (χ4n) is 5.82. The van der Waals surface area contributed by atoms with Crippen LogP contribution in [0.4, 0.5) is 24.5 Å². The Morgan fingerprint density at radius 2 is 1.79 bits per heavy atom. The van der Waals surface area contributed by atoms with Crippen LogP contribution in [0.2, 0.25) is 0 Å². The zero-order valence-electron chi connectivity index (χ0n) is 22.2. The van der Waals surface area contributed by atoms with Crippen molar-refractivity contribution >= 4 is 17.3 Å². The molecule has 1 atom stereocenters. The van der Waals surface area contributed by atoms with E-state index in [1.807, 2.05) is 24.8 Å². The van der Waals surface area contributed by atoms with Gasteiger partial charge in [0.1, 0.15) is 12.4 Å². The third-order valence-corrected chi connectivity index (χ3v) is 8.16. The first-order valence-corrected chi connectivity index (χ1v) is 13.5. The first-order valence-electron chi connectivity index (χ1n) is 13.5. The maximum absolute atomic E-state index is 14.0. The number of benzene rings is 1. The predicted octanol–water partition coefficient (Wildman–Crippen LogP) is 4.18. The first-order chi connectivity index (χ1) is 18.7. The molecular weight excluding hydrogens is 507 g/mol. The number of halogens is 3. The molecule has 11 heteroatoms. The lowest BCUT2D eigenvalue weighted by atomic mass is 9.91. The number of aryl methyl sites for hydroxylation is 1. The average Bonchev–Trinajstić information content (AvgIpc) is 3.69. The smallest absolute Gasteiger partial charge is 0.367 e. The van der Waals surface area contributed by atoms with Gasteiger partial charge in [0, 0.05) is 62.3 Å². The Kier molecular flexibility index (Phi) is 6.47. The van der Waals surface area contributed by atoms with Crippen LogP contribution in [0, 0.1) is 6.92 Å². The largest absolute Gasteiger partial charge is 0.416 e. The second kappa shape index (κ2) is 9.84. The number of amides is 1. The number of nitrogens with zero attached hydrogens (tertiary/aromatic N) is 7. The lowest BCUT2D eigenvalue weighted by molar-refractivity contribution is -0.138. The Morgan fingerprint density at radius 1 is 1.03 bits per heavy atom. The topological polar surface area (TPSA) is 70.4 Å². The molecule has 1 saturated heterocycles. The first kappa shape index (κ1) is 25.6. The number of rotatable bonds is 5. The van der Waals surface area contributed by atoms with E-state index in [4.69, 9.17) is 0 Å². The number of fused-ring (bicyclic) bond motifs is 1. The highest BCUT2D eigenvalue weighted by molar-refractivity contribution is 5.77. The number of carbonyl (C=O) groups excluding carboxylic acids is 1. The van der Waals surface area contributed by atoms with Crippen LogP contribution >= 0.6 is 0 Å². The number of alkyl halides is 3. The normalized spacial score (nSPS) is 19.8.